The Labute approximate surface area is 147 Å². The van der Waals surface area contributed by atoms with E-state index in [2.05, 4.69) is 26.2 Å². The standard InChI is InChI=1S/C17H24N6O2/c1-12-10-13(7-8-14(12)23-11-19-21-22-23)20-15(24)6-5-9-18-16(25)17(2,3)4/h7-8,10-11H,5-6,9H2,1-4H3,(H,18,25)(H,20,24). The number of anilines is 1. The third-order valence-electron chi connectivity index (χ3n) is 3.62. The largest absolute Gasteiger partial charge is 0.356 e. The summed E-state index contributed by atoms with van der Waals surface area (Å²) in [5.41, 5.74) is 2.11. The van der Waals surface area contributed by atoms with Crippen molar-refractivity contribution in [3.8, 4) is 5.69 Å². The molecule has 2 N–H and O–H groups in total. The van der Waals surface area contributed by atoms with Gasteiger partial charge in [-0.15, -0.1) is 5.10 Å². The van der Waals surface area contributed by atoms with Crippen LogP contribution in [0, 0.1) is 12.3 Å². The number of carbonyl (C=O) groups excluding carboxylic acids is 2. The molecule has 0 aliphatic heterocycles. The van der Waals surface area contributed by atoms with Crippen molar-refractivity contribution in [2.24, 2.45) is 5.41 Å². The lowest BCUT2D eigenvalue weighted by Crippen LogP contribution is -2.35. The lowest BCUT2D eigenvalue weighted by molar-refractivity contribution is -0.128. The van der Waals surface area contributed by atoms with Crippen LogP contribution in [0.25, 0.3) is 5.69 Å². The Kier molecular flexibility index (Phi) is 5.84. The first-order valence-electron chi connectivity index (χ1n) is 8.19. The van der Waals surface area contributed by atoms with E-state index in [-0.39, 0.29) is 11.8 Å². The predicted octanol–water partition coefficient (Wildman–Crippen LogP) is 1.85. The molecule has 134 valence electrons. The smallest absolute Gasteiger partial charge is 0.225 e. The number of aromatic nitrogens is 4. The summed E-state index contributed by atoms with van der Waals surface area (Å²) in [5, 5.41) is 16.8. The van der Waals surface area contributed by atoms with Crippen LogP contribution >= 0.6 is 0 Å². The zero-order valence-electron chi connectivity index (χ0n) is 15.0. The van der Waals surface area contributed by atoms with E-state index in [4.69, 9.17) is 0 Å². The van der Waals surface area contributed by atoms with E-state index in [0.717, 1.165) is 16.9 Å². The highest BCUT2D eigenvalue weighted by atomic mass is 16.2. The summed E-state index contributed by atoms with van der Waals surface area (Å²) in [6, 6.07) is 5.53. The van der Waals surface area contributed by atoms with Gasteiger partial charge >= 0.3 is 0 Å². The van der Waals surface area contributed by atoms with Gasteiger partial charge in [0.2, 0.25) is 11.8 Å². The van der Waals surface area contributed by atoms with Gasteiger partial charge in [0.1, 0.15) is 6.33 Å². The van der Waals surface area contributed by atoms with E-state index in [0.29, 0.717) is 19.4 Å². The number of tetrazole rings is 1. The van der Waals surface area contributed by atoms with Gasteiger partial charge in [-0.2, -0.15) is 0 Å². The Balaban J connectivity index is 1.81. The molecule has 8 heteroatoms. The fourth-order valence-corrected chi connectivity index (χ4v) is 2.20. The molecule has 0 unspecified atom stereocenters. The van der Waals surface area contributed by atoms with Crippen molar-refractivity contribution in [3.05, 3.63) is 30.1 Å². The van der Waals surface area contributed by atoms with Crippen molar-refractivity contribution >= 4 is 17.5 Å². The molecule has 0 aliphatic carbocycles. The van der Waals surface area contributed by atoms with Crippen molar-refractivity contribution in [2.75, 3.05) is 11.9 Å². The normalized spacial score (nSPS) is 11.2. The van der Waals surface area contributed by atoms with Gasteiger partial charge in [0.05, 0.1) is 5.69 Å². The maximum atomic E-state index is 12.0. The first-order valence-corrected chi connectivity index (χ1v) is 8.19. The van der Waals surface area contributed by atoms with E-state index in [1.807, 2.05) is 45.9 Å². The van der Waals surface area contributed by atoms with Crippen LogP contribution in [0.3, 0.4) is 0 Å². The first kappa shape index (κ1) is 18.6. The Morgan fingerprint density at radius 1 is 1.24 bits per heavy atom. The fourth-order valence-electron chi connectivity index (χ4n) is 2.20. The van der Waals surface area contributed by atoms with Gasteiger partial charge in [0, 0.05) is 24.1 Å². The third-order valence-corrected chi connectivity index (χ3v) is 3.62. The van der Waals surface area contributed by atoms with Crippen molar-refractivity contribution in [2.45, 2.75) is 40.5 Å². The van der Waals surface area contributed by atoms with Gasteiger partial charge in [0.15, 0.2) is 0 Å². The van der Waals surface area contributed by atoms with Gasteiger partial charge < -0.3 is 10.6 Å². The molecule has 0 saturated carbocycles. The minimum absolute atomic E-state index is 0.0123. The summed E-state index contributed by atoms with van der Waals surface area (Å²) in [7, 11) is 0. The SMILES string of the molecule is Cc1cc(NC(=O)CCCNC(=O)C(C)(C)C)ccc1-n1cnnn1. The maximum Gasteiger partial charge on any atom is 0.225 e. The summed E-state index contributed by atoms with van der Waals surface area (Å²) >= 11 is 0. The number of amides is 2. The van der Waals surface area contributed by atoms with E-state index < -0.39 is 5.41 Å². The topological polar surface area (TPSA) is 102 Å². The van der Waals surface area contributed by atoms with E-state index in [1.54, 1.807) is 4.68 Å². The summed E-state index contributed by atoms with van der Waals surface area (Å²) in [4.78, 5) is 23.8. The van der Waals surface area contributed by atoms with Crippen LogP contribution in [0.2, 0.25) is 0 Å². The molecule has 2 aromatic rings. The van der Waals surface area contributed by atoms with Crippen LogP contribution in [0.5, 0.6) is 0 Å². The van der Waals surface area contributed by atoms with Gasteiger partial charge in [0.25, 0.3) is 0 Å². The number of benzene rings is 1. The van der Waals surface area contributed by atoms with Crippen LogP contribution in [0.1, 0.15) is 39.2 Å². The highest BCUT2D eigenvalue weighted by Gasteiger charge is 2.20. The van der Waals surface area contributed by atoms with Crippen molar-refractivity contribution < 1.29 is 9.59 Å². The minimum Gasteiger partial charge on any atom is -0.356 e. The lowest BCUT2D eigenvalue weighted by atomic mass is 9.96. The molecule has 1 aromatic carbocycles. The van der Waals surface area contributed by atoms with E-state index in [1.165, 1.54) is 6.33 Å². The molecule has 2 rings (SSSR count). The molecule has 25 heavy (non-hydrogen) atoms. The second-order valence-electron chi connectivity index (χ2n) is 6.91. The Morgan fingerprint density at radius 3 is 2.60 bits per heavy atom. The lowest BCUT2D eigenvalue weighted by Gasteiger charge is -2.17. The number of hydrogen-bond donors (Lipinski definition) is 2. The van der Waals surface area contributed by atoms with Crippen LogP contribution in [0.4, 0.5) is 5.69 Å². The Hall–Kier alpha value is -2.77. The summed E-state index contributed by atoms with van der Waals surface area (Å²) in [6.07, 6.45) is 2.46. The molecule has 0 bridgehead atoms. The zero-order valence-corrected chi connectivity index (χ0v) is 15.0. The number of aryl methyl sites for hydroxylation is 1. The van der Waals surface area contributed by atoms with Gasteiger partial charge in [-0.3, -0.25) is 9.59 Å². The first-order chi connectivity index (χ1) is 11.8. The predicted molar refractivity (Wildman–Crippen MR) is 94.2 cm³/mol. The second kappa shape index (κ2) is 7.87. The molecule has 0 spiro atoms. The van der Waals surface area contributed by atoms with Crippen LogP contribution in [0.15, 0.2) is 24.5 Å². The maximum absolute atomic E-state index is 12.0. The molecular formula is C17H24N6O2. The molecule has 0 radical (unpaired) electrons. The number of rotatable bonds is 6. The van der Waals surface area contributed by atoms with Crippen LogP contribution in [-0.4, -0.2) is 38.6 Å². The third kappa shape index (κ3) is 5.37. The average Bonchev–Trinajstić information content (AvgIpc) is 3.04. The second-order valence-corrected chi connectivity index (χ2v) is 6.91. The molecule has 1 aromatic heterocycles. The quantitative estimate of drug-likeness (QED) is 0.779. The molecular weight excluding hydrogens is 320 g/mol. The molecule has 0 saturated heterocycles. The number of carbonyl (C=O) groups is 2. The Bertz CT molecular complexity index is 734. The number of nitrogens with one attached hydrogen (secondary N) is 2. The molecule has 0 fully saturated rings. The number of nitrogens with zero attached hydrogens (tertiary/aromatic N) is 4. The minimum atomic E-state index is -0.416. The van der Waals surface area contributed by atoms with Gasteiger partial charge in [-0.25, -0.2) is 4.68 Å². The van der Waals surface area contributed by atoms with Gasteiger partial charge in [-0.1, -0.05) is 20.8 Å². The van der Waals surface area contributed by atoms with Crippen molar-refractivity contribution in [1.82, 2.24) is 25.5 Å². The van der Waals surface area contributed by atoms with Crippen molar-refractivity contribution in [3.63, 3.8) is 0 Å². The fraction of sp³-hybridized carbons (Fsp3) is 0.471. The molecule has 1 heterocycles. The Morgan fingerprint density at radius 2 is 2.00 bits per heavy atom. The molecule has 8 nitrogen and oxygen atoms in total. The van der Waals surface area contributed by atoms with Crippen LogP contribution in [-0.2, 0) is 9.59 Å². The molecule has 2 amide bonds. The van der Waals surface area contributed by atoms with E-state index >= 15 is 0 Å². The summed E-state index contributed by atoms with van der Waals surface area (Å²) < 4.78 is 1.57. The highest BCUT2D eigenvalue weighted by Crippen LogP contribution is 2.18. The molecule has 0 aliphatic rings. The van der Waals surface area contributed by atoms with Crippen molar-refractivity contribution in [1.29, 1.82) is 0 Å². The molecule has 0 atom stereocenters. The zero-order chi connectivity index (χ0) is 18.4. The number of hydrogen-bond acceptors (Lipinski definition) is 5. The van der Waals surface area contributed by atoms with Crippen LogP contribution < -0.4 is 10.6 Å². The van der Waals surface area contributed by atoms with E-state index in [9.17, 15) is 9.59 Å². The summed E-state index contributed by atoms with van der Waals surface area (Å²) in [5.74, 6) is -0.0960. The van der Waals surface area contributed by atoms with Gasteiger partial charge in [-0.05, 0) is 47.5 Å². The average molecular weight is 344 g/mol. The highest BCUT2D eigenvalue weighted by molar-refractivity contribution is 5.91. The monoisotopic (exact) mass is 344 g/mol. The summed E-state index contributed by atoms with van der Waals surface area (Å²) in [6.45, 7) is 7.98.